The highest BCUT2D eigenvalue weighted by Gasteiger charge is 2.06. The van der Waals surface area contributed by atoms with E-state index in [9.17, 15) is 4.79 Å². The van der Waals surface area contributed by atoms with E-state index in [1.165, 1.54) is 0 Å². The first-order valence-corrected chi connectivity index (χ1v) is 6.21. The predicted molar refractivity (Wildman–Crippen MR) is 76.2 cm³/mol. The van der Waals surface area contributed by atoms with Crippen LogP contribution in [0.2, 0.25) is 0 Å². The van der Waals surface area contributed by atoms with Gasteiger partial charge in [0, 0.05) is 34.7 Å². The number of hydrogen-bond donors (Lipinski definition) is 3. The Kier molecular flexibility index (Phi) is 2.83. The fourth-order valence-electron chi connectivity index (χ4n) is 2.19. The Balaban J connectivity index is 1.71. The second-order valence-electron chi connectivity index (χ2n) is 4.70. The summed E-state index contributed by atoms with van der Waals surface area (Å²) in [5, 5.41) is 4.01. The lowest BCUT2D eigenvalue weighted by Gasteiger charge is -2.04. The molecule has 4 nitrogen and oxygen atoms in total. The number of anilines is 1. The van der Waals surface area contributed by atoms with Crippen molar-refractivity contribution < 1.29 is 4.79 Å². The molecule has 0 unspecified atom stereocenters. The number of rotatable bonds is 3. The first kappa shape index (κ1) is 11.6. The quantitative estimate of drug-likeness (QED) is 0.660. The molecule has 4 heteroatoms. The van der Waals surface area contributed by atoms with Crippen molar-refractivity contribution in [2.75, 3.05) is 5.32 Å². The van der Waals surface area contributed by atoms with Crippen LogP contribution in [-0.2, 0) is 11.2 Å². The highest BCUT2D eigenvalue weighted by molar-refractivity contribution is 5.94. The van der Waals surface area contributed by atoms with Crippen molar-refractivity contribution in [2.45, 2.75) is 13.3 Å². The van der Waals surface area contributed by atoms with E-state index in [4.69, 9.17) is 0 Å². The van der Waals surface area contributed by atoms with Crippen LogP contribution in [0, 0.1) is 6.92 Å². The van der Waals surface area contributed by atoms with Crippen molar-refractivity contribution in [2.24, 2.45) is 0 Å². The molecule has 2 heterocycles. The minimum Gasteiger partial charge on any atom is -0.365 e. The smallest absolute Gasteiger partial charge is 0.228 e. The number of carbonyl (C=O) groups is 1. The predicted octanol–water partition coefficient (Wildman–Crippen LogP) is 2.99. The molecule has 0 saturated heterocycles. The van der Waals surface area contributed by atoms with E-state index < -0.39 is 0 Å². The Bertz CT molecular complexity index is 724. The molecule has 0 saturated carbocycles. The van der Waals surface area contributed by atoms with Gasteiger partial charge in [0.15, 0.2) is 0 Å². The number of amides is 1. The number of nitrogens with one attached hydrogen (secondary N) is 3. The summed E-state index contributed by atoms with van der Waals surface area (Å²) >= 11 is 0. The van der Waals surface area contributed by atoms with Crippen LogP contribution in [0.3, 0.4) is 0 Å². The monoisotopic (exact) mass is 253 g/mol. The molecule has 3 N–H and O–H groups in total. The number of hydrogen-bond acceptors (Lipinski definition) is 1. The van der Waals surface area contributed by atoms with Gasteiger partial charge in [-0.2, -0.15) is 0 Å². The standard InChI is InChI=1S/C15H15N3O/c1-10-6-11(9-17-10)7-15(19)18-13-2-3-14-12(8-13)4-5-16-14/h2-6,8-9,16-17H,7H2,1H3,(H,18,19). The zero-order chi connectivity index (χ0) is 13.2. The molecular formula is C15H15N3O. The van der Waals surface area contributed by atoms with Crippen LogP contribution in [0.25, 0.3) is 10.9 Å². The lowest BCUT2D eigenvalue weighted by atomic mass is 10.2. The molecule has 0 aliphatic rings. The van der Waals surface area contributed by atoms with E-state index in [0.717, 1.165) is 27.8 Å². The van der Waals surface area contributed by atoms with Gasteiger partial charge in [-0.3, -0.25) is 4.79 Å². The van der Waals surface area contributed by atoms with Gasteiger partial charge in [-0.05, 0) is 42.8 Å². The summed E-state index contributed by atoms with van der Waals surface area (Å²) in [6, 6.07) is 9.80. The normalized spacial score (nSPS) is 10.8. The van der Waals surface area contributed by atoms with Crippen LogP contribution in [0.5, 0.6) is 0 Å². The van der Waals surface area contributed by atoms with Gasteiger partial charge >= 0.3 is 0 Å². The SMILES string of the molecule is Cc1cc(CC(=O)Nc2ccc3[nH]ccc3c2)c[nH]1. The molecule has 0 aliphatic heterocycles. The molecule has 1 aromatic carbocycles. The average molecular weight is 253 g/mol. The Morgan fingerprint density at radius 3 is 2.89 bits per heavy atom. The highest BCUT2D eigenvalue weighted by atomic mass is 16.1. The summed E-state index contributed by atoms with van der Waals surface area (Å²) in [4.78, 5) is 18.1. The van der Waals surface area contributed by atoms with Crippen LogP contribution >= 0.6 is 0 Å². The van der Waals surface area contributed by atoms with Gasteiger partial charge in [0.1, 0.15) is 0 Å². The van der Waals surface area contributed by atoms with Gasteiger partial charge in [0.25, 0.3) is 0 Å². The third-order valence-electron chi connectivity index (χ3n) is 3.09. The summed E-state index contributed by atoms with van der Waals surface area (Å²) in [5.74, 6) is -0.00566. The topological polar surface area (TPSA) is 60.7 Å². The molecule has 1 amide bonds. The van der Waals surface area contributed by atoms with Crippen molar-refractivity contribution in [3.05, 3.63) is 54.0 Å². The summed E-state index contributed by atoms with van der Waals surface area (Å²) < 4.78 is 0. The van der Waals surface area contributed by atoms with Crippen molar-refractivity contribution in [3.63, 3.8) is 0 Å². The fraction of sp³-hybridized carbons (Fsp3) is 0.133. The Labute approximate surface area is 110 Å². The average Bonchev–Trinajstić information content (AvgIpc) is 2.97. The molecule has 0 bridgehead atoms. The van der Waals surface area contributed by atoms with Gasteiger partial charge in [-0.1, -0.05) is 0 Å². The van der Waals surface area contributed by atoms with Crippen LogP contribution in [0.1, 0.15) is 11.3 Å². The lowest BCUT2D eigenvalue weighted by Crippen LogP contribution is -2.13. The maximum absolute atomic E-state index is 11.9. The van der Waals surface area contributed by atoms with Gasteiger partial charge < -0.3 is 15.3 Å². The molecule has 0 fully saturated rings. The molecule has 2 aromatic heterocycles. The molecule has 19 heavy (non-hydrogen) atoms. The minimum atomic E-state index is -0.00566. The number of benzene rings is 1. The largest absolute Gasteiger partial charge is 0.365 e. The van der Waals surface area contributed by atoms with E-state index in [1.54, 1.807) is 0 Å². The van der Waals surface area contributed by atoms with E-state index in [2.05, 4.69) is 15.3 Å². The van der Waals surface area contributed by atoms with Crippen LogP contribution in [0.15, 0.2) is 42.7 Å². The van der Waals surface area contributed by atoms with Gasteiger partial charge in [-0.25, -0.2) is 0 Å². The second kappa shape index (κ2) is 4.65. The van der Waals surface area contributed by atoms with Crippen molar-refractivity contribution in [3.8, 4) is 0 Å². The number of aromatic nitrogens is 2. The van der Waals surface area contributed by atoms with E-state index in [0.29, 0.717) is 6.42 Å². The molecule has 0 aliphatic carbocycles. The molecule has 0 radical (unpaired) electrons. The maximum Gasteiger partial charge on any atom is 0.228 e. The van der Waals surface area contributed by atoms with Gasteiger partial charge in [-0.15, -0.1) is 0 Å². The van der Waals surface area contributed by atoms with Gasteiger partial charge in [0.05, 0.1) is 6.42 Å². The maximum atomic E-state index is 11.9. The van der Waals surface area contributed by atoms with Crippen LogP contribution in [0.4, 0.5) is 5.69 Å². The molecule has 0 atom stereocenters. The molecular weight excluding hydrogens is 238 g/mol. The van der Waals surface area contributed by atoms with E-state index in [1.807, 2.05) is 49.6 Å². The van der Waals surface area contributed by atoms with Crippen molar-refractivity contribution in [1.29, 1.82) is 0 Å². The first-order chi connectivity index (χ1) is 9.20. The Morgan fingerprint density at radius 1 is 1.21 bits per heavy atom. The summed E-state index contributed by atoms with van der Waals surface area (Å²) in [5.41, 5.74) is 3.96. The van der Waals surface area contributed by atoms with E-state index >= 15 is 0 Å². The van der Waals surface area contributed by atoms with Crippen LogP contribution < -0.4 is 5.32 Å². The van der Waals surface area contributed by atoms with Gasteiger partial charge in [0.2, 0.25) is 5.91 Å². The zero-order valence-electron chi connectivity index (χ0n) is 10.7. The molecule has 3 aromatic rings. The second-order valence-corrected chi connectivity index (χ2v) is 4.70. The van der Waals surface area contributed by atoms with Crippen molar-refractivity contribution in [1.82, 2.24) is 9.97 Å². The molecule has 96 valence electrons. The first-order valence-electron chi connectivity index (χ1n) is 6.21. The van der Waals surface area contributed by atoms with Crippen LogP contribution in [-0.4, -0.2) is 15.9 Å². The number of carbonyl (C=O) groups excluding carboxylic acids is 1. The Hall–Kier alpha value is -2.49. The third kappa shape index (κ3) is 2.52. The number of H-pyrrole nitrogens is 2. The molecule has 0 spiro atoms. The van der Waals surface area contributed by atoms with E-state index in [-0.39, 0.29) is 5.91 Å². The Morgan fingerprint density at radius 2 is 2.11 bits per heavy atom. The number of fused-ring (bicyclic) bond motifs is 1. The zero-order valence-corrected chi connectivity index (χ0v) is 10.7. The summed E-state index contributed by atoms with van der Waals surface area (Å²) in [6.45, 7) is 1.97. The van der Waals surface area contributed by atoms with Crippen molar-refractivity contribution >= 4 is 22.5 Å². The lowest BCUT2D eigenvalue weighted by molar-refractivity contribution is -0.115. The summed E-state index contributed by atoms with van der Waals surface area (Å²) in [6.07, 6.45) is 4.14. The number of aryl methyl sites for hydroxylation is 1. The summed E-state index contributed by atoms with van der Waals surface area (Å²) in [7, 11) is 0. The highest BCUT2D eigenvalue weighted by Crippen LogP contribution is 2.18. The fourth-order valence-corrected chi connectivity index (χ4v) is 2.19. The minimum absolute atomic E-state index is 0.00566. The number of aromatic amines is 2. The molecule has 3 rings (SSSR count). The third-order valence-corrected chi connectivity index (χ3v) is 3.09.